The number of Topliss-reactive ketones (excluding diaryl/α,β-unsaturated/α-hetero) is 2. The average molecular weight is 525 g/mol. The third kappa shape index (κ3) is 3.43. The van der Waals surface area contributed by atoms with Crippen molar-refractivity contribution in [2.45, 2.75) is 37.5 Å². The molecule has 0 unspecified atom stereocenters. The Morgan fingerprint density at radius 2 is 1.84 bits per heavy atom. The number of ketones is 2. The number of phenols is 1. The smallest absolute Gasteiger partial charge is 0.302 e. The van der Waals surface area contributed by atoms with Crippen molar-refractivity contribution in [3.63, 3.8) is 0 Å². The fourth-order valence-corrected chi connectivity index (χ4v) is 6.16. The molecule has 1 amide bonds. The van der Waals surface area contributed by atoms with Crippen molar-refractivity contribution in [3.05, 3.63) is 58.0 Å². The molecule has 0 aliphatic heterocycles. The highest BCUT2D eigenvalue weighted by atomic mass is 16.5. The molecule has 0 bridgehead atoms. The number of carbonyl (C=O) groups is 4. The largest absolute Gasteiger partial charge is 0.508 e. The predicted molar refractivity (Wildman–Crippen MR) is 133 cm³/mol. The van der Waals surface area contributed by atoms with E-state index in [4.69, 9.17) is 10.5 Å². The van der Waals surface area contributed by atoms with Gasteiger partial charge in [-0.05, 0) is 31.7 Å². The summed E-state index contributed by atoms with van der Waals surface area (Å²) in [5.41, 5.74) is 4.03. The van der Waals surface area contributed by atoms with Gasteiger partial charge in [0.25, 0.3) is 5.91 Å². The number of ether oxygens (including phenoxy) is 1. The second kappa shape index (κ2) is 8.98. The fourth-order valence-electron chi connectivity index (χ4n) is 6.16. The summed E-state index contributed by atoms with van der Waals surface area (Å²) < 4.78 is 5.63. The summed E-state index contributed by atoms with van der Waals surface area (Å²) in [6, 6.07) is 1.76. The Labute approximate surface area is 217 Å². The summed E-state index contributed by atoms with van der Waals surface area (Å²) in [5.74, 6) is -10.1. The van der Waals surface area contributed by atoms with Crippen LogP contribution in [0.2, 0.25) is 0 Å². The predicted octanol–water partition coefficient (Wildman–Crippen LogP) is 0.865. The number of likely N-dealkylation sites (N-methyl/N-ethyl adjacent to an activating group) is 1. The first kappa shape index (κ1) is 26.9. The molecule has 200 valence electrons. The molecule has 38 heavy (non-hydrogen) atoms. The summed E-state index contributed by atoms with van der Waals surface area (Å²) in [6.45, 7) is 6.24. The van der Waals surface area contributed by atoms with E-state index in [1.165, 1.54) is 25.1 Å². The second-order valence-corrected chi connectivity index (χ2v) is 9.95. The first-order valence-corrected chi connectivity index (χ1v) is 11.7. The molecule has 0 radical (unpaired) electrons. The molecule has 11 heteroatoms. The SMILES string of the molecule is C=C=Cc1ccc2c(c1O)C(O)=C1C(=O)[C@@]3(O)C(O)=C(C(N)=O)C(=O)[C@H](N(C)C)[C@H]3[C@H](OC(C)=O)[C@H]1[C@@H]2C. The van der Waals surface area contributed by atoms with Gasteiger partial charge in [0.2, 0.25) is 5.78 Å². The van der Waals surface area contributed by atoms with Crippen LogP contribution in [0.1, 0.15) is 36.5 Å². The van der Waals surface area contributed by atoms with Gasteiger partial charge >= 0.3 is 5.97 Å². The number of esters is 1. The minimum atomic E-state index is -2.97. The number of aliphatic hydroxyl groups excluding tert-OH is 2. The number of hydrogen-bond donors (Lipinski definition) is 5. The maximum atomic E-state index is 14.1. The summed E-state index contributed by atoms with van der Waals surface area (Å²) in [5, 5.41) is 45.3. The summed E-state index contributed by atoms with van der Waals surface area (Å²) in [4.78, 5) is 53.3. The third-order valence-electron chi connectivity index (χ3n) is 7.69. The van der Waals surface area contributed by atoms with Crippen LogP contribution in [0.5, 0.6) is 5.75 Å². The van der Waals surface area contributed by atoms with E-state index < -0.39 is 81.6 Å². The molecule has 4 rings (SSSR count). The van der Waals surface area contributed by atoms with E-state index in [0.29, 0.717) is 5.56 Å². The van der Waals surface area contributed by atoms with Crippen molar-refractivity contribution >= 4 is 35.3 Å². The van der Waals surface area contributed by atoms with Crippen molar-refractivity contribution in [1.82, 2.24) is 4.90 Å². The molecular formula is C27H28N2O9. The first-order valence-electron chi connectivity index (χ1n) is 11.7. The molecular weight excluding hydrogens is 496 g/mol. The Bertz CT molecular complexity index is 1420. The lowest BCUT2D eigenvalue weighted by Crippen LogP contribution is -2.71. The van der Waals surface area contributed by atoms with E-state index in [9.17, 15) is 39.6 Å². The maximum absolute atomic E-state index is 14.1. The van der Waals surface area contributed by atoms with Crippen LogP contribution in [0.3, 0.4) is 0 Å². The van der Waals surface area contributed by atoms with E-state index in [1.54, 1.807) is 19.1 Å². The number of nitrogens with two attached hydrogens (primary N) is 1. The minimum Gasteiger partial charge on any atom is -0.508 e. The molecule has 1 aromatic rings. The van der Waals surface area contributed by atoms with Crippen LogP contribution in [0.4, 0.5) is 0 Å². The van der Waals surface area contributed by atoms with Crippen molar-refractivity contribution in [2.24, 2.45) is 17.6 Å². The zero-order valence-corrected chi connectivity index (χ0v) is 21.2. The Hall–Kier alpha value is -4.18. The van der Waals surface area contributed by atoms with Crippen molar-refractivity contribution in [2.75, 3.05) is 14.1 Å². The van der Waals surface area contributed by atoms with Crippen LogP contribution in [0.25, 0.3) is 11.8 Å². The van der Waals surface area contributed by atoms with Gasteiger partial charge in [0.1, 0.15) is 28.9 Å². The van der Waals surface area contributed by atoms with Crippen LogP contribution in [-0.2, 0) is 23.9 Å². The van der Waals surface area contributed by atoms with Crippen molar-refractivity contribution in [3.8, 4) is 5.75 Å². The lowest BCUT2D eigenvalue weighted by atomic mass is 9.54. The van der Waals surface area contributed by atoms with Crippen LogP contribution in [0, 0.1) is 11.8 Å². The molecule has 6 atom stereocenters. The number of aliphatic hydroxyl groups is 3. The van der Waals surface area contributed by atoms with Gasteiger partial charge in [0.05, 0.1) is 17.5 Å². The van der Waals surface area contributed by atoms with Crippen LogP contribution >= 0.6 is 0 Å². The Balaban J connectivity index is 2.13. The number of fused-ring (bicyclic) bond motifs is 3. The standard InChI is InChI=1S/C27H28N2O9/c1-6-7-12-8-9-13-10(2)14-16(21(32)15(13)20(12)31)24(34)27(37)18(23(14)38-11(3)30)19(29(4)5)22(33)17(25(27)35)26(28)36/h7-10,14,18-19,23,31-32,35,37H,1H2,2-5H3,(H2,28,36)/t10-,14+,18+,19-,23-,27-/m1/s1. The molecule has 3 aliphatic carbocycles. The highest BCUT2D eigenvalue weighted by molar-refractivity contribution is 6.24. The molecule has 1 fully saturated rings. The van der Waals surface area contributed by atoms with Gasteiger partial charge in [-0.1, -0.05) is 25.6 Å². The maximum Gasteiger partial charge on any atom is 0.302 e. The molecule has 11 nitrogen and oxygen atoms in total. The van der Waals surface area contributed by atoms with E-state index in [-0.39, 0.29) is 16.9 Å². The van der Waals surface area contributed by atoms with Gasteiger partial charge in [-0.3, -0.25) is 24.1 Å². The number of carbonyl (C=O) groups excluding carboxylic acids is 4. The van der Waals surface area contributed by atoms with Crippen LogP contribution in [0.15, 0.2) is 41.3 Å². The van der Waals surface area contributed by atoms with Gasteiger partial charge in [-0.25, -0.2) is 0 Å². The fraction of sp³-hybridized carbons (Fsp3) is 0.370. The molecule has 0 saturated heterocycles. The van der Waals surface area contributed by atoms with E-state index in [0.717, 1.165) is 6.92 Å². The van der Waals surface area contributed by atoms with Gasteiger partial charge in [-0.2, -0.15) is 0 Å². The lowest BCUT2D eigenvalue weighted by Gasteiger charge is -2.54. The third-order valence-corrected chi connectivity index (χ3v) is 7.69. The molecule has 6 N–H and O–H groups in total. The van der Waals surface area contributed by atoms with Crippen LogP contribution < -0.4 is 5.73 Å². The quantitative estimate of drug-likeness (QED) is 0.215. The van der Waals surface area contributed by atoms with Gasteiger partial charge in [0.15, 0.2) is 11.4 Å². The zero-order valence-electron chi connectivity index (χ0n) is 21.2. The number of hydrogen-bond acceptors (Lipinski definition) is 10. The van der Waals surface area contributed by atoms with E-state index >= 15 is 0 Å². The van der Waals surface area contributed by atoms with Gasteiger partial charge < -0.3 is 30.9 Å². The Kier molecular flexibility index (Phi) is 6.35. The topological polar surface area (TPSA) is 188 Å². The highest BCUT2D eigenvalue weighted by Gasteiger charge is 2.69. The van der Waals surface area contributed by atoms with E-state index in [2.05, 4.69) is 12.3 Å². The van der Waals surface area contributed by atoms with E-state index in [1.807, 2.05) is 0 Å². The van der Waals surface area contributed by atoms with Crippen LogP contribution in [-0.4, -0.2) is 80.6 Å². The summed E-state index contributed by atoms with van der Waals surface area (Å²) in [6.07, 6.45) is -0.0706. The molecule has 1 saturated carbocycles. The van der Waals surface area contributed by atoms with Crippen molar-refractivity contribution < 1.29 is 44.3 Å². The molecule has 0 heterocycles. The lowest BCUT2D eigenvalue weighted by molar-refractivity contribution is -0.184. The Morgan fingerprint density at radius 3 is 2.37 bits per heavy atom. The van der Waals surface area contributed by atoms with Gasteiger partial charge in [0, 0.05) is 24.0 Å². The average Bonchev–Trinajstić information content (AvgIpc) is 2.81. The molecule has 3 aliphatic rings. The first-order chi connectivity index (χ1) is 17.7. The zero-order chi connectivity index (χ0) is 28.4. The number of rotatable bonds is 4. The van der Waals surface area contributed by atoms with Gasteiger partial charge in [-0.15, -0.1) is 5.73 Å². The van der Waals surface area contributed by atoms with Crippen molar-refractivity contribution in [1.29, 1.82) is 0 Å². The minimum absolute atomic E-state index is 0.0978. The number of aromatic hydroxyl groups is 1. The Morgan fingerprint density at radius 1 is 1.21 bits per heavy atom. The normalized spacial score (nSPS) is 30.3. The second-order valence-electron chi connectivity index (χ2n) is 9.95. The summed E-state index contributed by atoms with van der Waals surface area (Å²) in [7, 11) is 2.91. The number of benzene rings is 1. The molecule has 0 spiro atoms. The summed E-state index contributed by atoms with van der Waals surface area (Å²) >= 11 is 0. The number of nitrogens with zero attached hydrogens (tertiary/aromatic N) is 1. The number of primary amides is 1. The highest BCUT2D eigenvalue weighted by Crippen LogP contribution is 2.57. The molecule has 1 aromatic carbocycles. The monoisotopic (exact) mass is 524 g/mol. The molecule has 0 aromatic heterocycles. The number of phenolic OH excluding ortho intramolecular Hbond substituents is 1. The number of amides is 1.